The van der Waals surface area contributed by atoms with Gasteiger partial charge in [-0.3, -0.25) is 0 Å². The van der Waals surface area contributed by atoms with Crippen LogP contribution in [-0.4, -0.2) is 54.7 Å². The van der Waals surface area contributed by atoms with Crippen molar-refractivity contribution in [2.45, 2.75) is 36.6 Å². The van der Waals surface area contributed by atoms with Gasteiger partial charge >= 0.3 is 6.18 Å². The van der Waals surface area contributed by atoms with Gasteiger partial charge in [0.05, 0.1) is 0 Å². The van der Waals surface area contributed by atoms with Crippen LogP contribution < -0.4 is 10.6 Å². The Kier molecular flexibility index (Phi) is 5.74. The lowest BCUT2D eigenvalue weighted by molar-refractivity contribution is -0.258. The van der Waals surface area contributed by atoms with Gasteiger partial charge in [0.25, 0.3) is 0 Å². The zero-order valence-corrected chi connectivity index (χ0v) is 17.3. The van der Waals surface area contributed by atoms with Crippen LogP contribution in [0.15, 0.2) is 47.5 Å². The number of hydrogen-bond acceptors (Lipinski definition) is 6. The molecule has 3 rings (SSSR count). The number of benzene rings is 1. The fourth-order valence-corrected chi connectivity index (χ4v) is 4.82. The number of halogens is 3. The van der Waals surface area contributed by atoms with Crippen molar-refractivity contribution < 1.29 is 26.7 Å². The number of pyridine rings is 1. The number of aromatic nitrogens is 1. The number of hydrogen-bond donors (Lipinski definition) is 2. The van der Waals surface area contributed by atoms with Gasteiger partial charge in [0.15, 0.2) is 5.60 Å². The molecule has 1 fully saturated rings. The minimum Gasteiger partial charge on any atom is -0.384 e. The third kappa shape index (κ3) is 4.09. The highest BCUT2D eigenvalue weighted by molar-refractivity contribution is 7.89. The van der Waals surface area contributed by atoms with Crippen molar-refractivity contribution >= 4 is 21.5 Å². The van der Waals surface area contributed by atoms with Crippen LogP contribution >= 0.6 is 0 Å². The Labute approximate surface area is 173 Å². The van der Waals surface area contributed by atoms with Gasteiger partial charge in [0, 0.05) is 37.6 Å². The first-order valence-corrected chi connectivity index (χ1v) is 10.7. The van der Waals surface area contributed by atoms with E-state index in [1.54, 1.807) is 0 Å². The number of alkyl halides is 3. The van der Waals surface area contributed by atoms with Gasteiger partial charge in [-0.25, -0.2) is 13.4 Å². The molecule has 0 aliphatic carbocycles. The van der Waals surface area contributed by atoms with Gasteiger partial charge in [-0.05, 0) is 43.7 Å². The average molecular weight is 444 g/mol. The van der Waals surface area contributed by atoms with E-state index in [0.717, 1.165) is 0 Å². The molecule has 2 heterocycles. The third-order valence-corrected chi connectivity index (χ3v) is 7.15. The van der Waals surface area contributed by atoms with Gasteiger partial charge in [0.1, 0.15) is 10.7 Å². The summed E-state index contributed by atoms with van der Waals surface area (Å²) in [5, 5.41) is 9.80. The van der Waals surface area contributed by atoms with Crippen LogP contribution in [0.25, 0.3) is 0 Å². The zero-order valence-electron chi connectivity index (χ0n) is 16.5. The Morgan fingerprint density at radius 1 is 1.13 bits per heavy atom. The molecule has 7 nitrogen and oxygen atoms in total. The maximum Gasteiger partial charge on any atom is 0.421 e. The first-order chi connectivity index (χ1) is 13.8. The minimum atomic E-state index is -4.79. The fraction of sp³-hybridized carbons (Fsp3) is 0.421. The van der Waals surface area contributed by atoms with Gasteiger partial charge in [-0.2, -0.15) is 17.5 Å². The number of nitrogens with zero attached hydrogens (tertiary/aromatic N) is 3. The van der Waals surface area contributed by atoms with Crippen molar-refractivity contribution in [1.82, 2.24) is 9.29 Å². The Morgan fingerprint density at radius 3 is 2.27 bits per heavy atom. The summed E-state index contributed by atoms with van der Waals surface area (Å²) >= 11 is 0. The molecule has 0 bridgehead atoms. The van der Waals surface area contributed by atoms with E-state index in [1.165, 1.54) is 46.9 Å². The van der Waals surface area contributed by atoms with Crippen LogP contribution in [0.2, 0.25) is 0 Å². The van der Waals surface area contributed by atoms with Crippen molar-refractivity contribution in [2.75, 3.05) is 30.3 Å². The molecular formula is C19H23F3N4O3S. The second kappa shape index (κ2) is 7.71. The summed E-state index contributed by atoms with van der Waals surface area (Å²) in [5.74, 6) is 0.222. The van der Waals surface area contributed by atoms with Crippen LogP contribution in [0.5, 0.6) is 0 Å². The lowest BCUT2D eigenvalue weighted by atomic mass is 9.95. The molecule has 11 heteroatoms. The van der Waals surface area contributed by atoms with Crippen LogP contribution in [-0.2, 0) is 15.6 Å². The number of nitrogen functional groups attached to an aromatic ring is 1. The van der Waals surface area contributed by atoms with Crippen LogP contribution in [0.1, 0.15) is 19.4 Å². The Balaban J connectivity index is 1.75. The number of rotatable bonds is 4. The lowest BCUT2D eigenvalue weighted by Gasteiger charge is -2.40. The summed E-state index contributed by atoms with van der Waals surface area (Å²) in [7, 11) is -3.73. The van der Waals surface area contributed by atoms with E-state index < -0.39 is 21.8 Å². The van der Waals surface area contributed by atoms with Crippen molar-refractivity contribution in [2.24, 2.45) is 0 Å². The molecule has 2 atom stereocenters. The van der Waals surface area contributed by atoms with E-state index in [4.69, 9.17) is 5.73 Å². The number of anilines is 2. The van der Waals surface area contributed by atoms with E-state index in [-0.39, 0.29) is 35.4 Å². The van der Waals surface area contributed by atoms with Gasteiger partial charge in [-0.1, -0.05) is 12.1 Å². The van der Waals surface area contributed by atoms with Gasteiger partial charge in [0.2, 0.25) is 10.0 Å². The third-order valence-electron chi connectivity index (χ3n) is 5.30. The zero-order chi connectivity index (χ0) is 22.3. The van der Waals surface area contributed by atoms with E-state index >= 15 is 0 Å². The highest BCUT2D eigenvalue weighted by atomic mass is 32.2. The summed E-state index contributed by atoms with van der Waals surface area (Å²) in [4.78, 5) is 5.80. The van der Waals surface area contributed by atoms with Crippen LogP contribution in [0.4, 0.5) is 24.7 Å². The summed E-state index contributed by atoms with van der Waals surface area (Å²) in [6.07, 6.45) is -3.58. The quantitative estimate of drug-likeness (QED) is 0.751. The predicted molar refractivity (Wildman–Crippen MR) is 106 cm³/mol. The molecule has 0 radical (unpaired) electrons. The van der Waals surface area contributed by atoms with Crippen LogP contribution in [0.3, 0.4) is 0 Å². The van der Waals surface area contributed by atoms with Crippen molar-refractivity contribution in [3.05, 3.63) is 48.2 Å². The maximum atomic E-state index is 13.0. The maximum absolute atomic E-state index is 13.0. The SMILES string of the molecule is C[C@H]1CN(S(=O)(=O)c2ccc(N)nc2)CCN1c1ccc(C(C)(O)C(F)(F)F)cc1. The highest BCUT2D eigenvalue weighted by Crippen LogP contribution is 2.39. The van der Waals surface area contributed by atoms with Crippen molar-refractivity contribution in [1.29, 1.82) is 0 Å². The monoisotopic (exact) mass is 444 g/mol. The predicted octanol–water partition coefficient (Wildman–Crippen LogP) is 2.33. The standard InChI is InChI=1S/C19H23F3N4O3S/c1-13-12-25(30(28,29)16-7-8-17(23)24-11-16)9-10-26(13)15-5-3-14(4-6-15)18(2,27)19(20,21)22/h3-8,11,13,27H,9-10,12H2,1-2H3,(H2,23,24)/t13-,18?/m0/s1. The summed E-state index contributed by atoms with van der Waals surface area (Å²) in [6.45, 7) is 3.31. The molecule has 1 aliphatic rings. The molecule has 1 aromatic heterocycles. The Hall–Kier alpha value is -2.37. The number of aliphatic hydroxyl groups is 1. The lowest BCUT2D eigenvalue weighted by Crippen LogP contribution is -2.53. The van der Waals surface area contributed by atoms with Crippen molar-refractivity contribution in [3.63, 3.8) is 0 Å². The molecule has 2 aromatic rings. The average Bonchev–Trinajstić information content (AvgIpc) is 2.67. The molecule has 3 N–H and O–H groups in total. The summed E-state index contributed by atoms with van der Waals surface area (Å²) in [6, 6.07) is 8.07. The molecule has 1 aliphatic heterocycles. The molecule has 0 amide bonds. The normalized spacial score (nSPS) is 20.7. The molecule has 1 unspecified atom stereocenters. The van der Waals surface area contributed by atoms with E-state index in [9.17, 15) is 26.7 Å². The van der Waals surface area contributed by atoms with E-state index in [2.05, 4.69) is 4.98 Å². The molecule has 1 aromatic carbocycles. The molecule has 0 spiro atoms. The Morgan fingerprint density at radius 2 is 1.77 bits per heavy atom. The number of nitrogens with two attached hydrogens (primary N) is 1. The number of sulfonamides is 1. The Bertz CT molecular complexity index is 993. The van der Waals surface area contributed by atoms with Gasteiger partial charge < -0.3 is 15.7 Å². The van der Waals surface area contributed by atoms with E-state index in [0.29, 0.717) is 19.2 Å². The molecule has 164 valence electrons. The van der Waals surface area contributed by atoms with Gasteiger partial charge in [-0.15, -0.1) is 0 Å². The summed E-state index contributed by atoms with van der Waals surface area (Å²) < 4.78 is 66.1. The molecule has 0 saturated carbocycles. The summed E-state index contributed by atoms with van der Waals surface area (Å²) in [5.41, 5.74) is 2.95. The smallest absolute Gasteiger partial charge is 0.384 e. The molecular weight excluding hydrogens is 421 g/mol. The molecule has 30 heavy (non-hydrogen) atoms. The first-order valence-electron chi connectivity index (χ1n) is 9.22. The topological polar surface area (TPSA) is 99.8 Å². The first kappa shape index (κ1) is 22.3. The largest absolute Gasteiger partial charge is 0.421 e. The van der Waals surface area contributed by atoms with Crippen molar-refractivity contribution in [3.8, 4) is 0 Å². The number of piperazine rings is 1. The second-order valence-electron chi connectivity index (χ2n) is 7.44. The molecule has 1 saturated heterocycles. The van der Waals surface area contributed by atoms with E-state index in [1.807, 2.05) is 11.8 Å². The van der Waals surface area contributed by atoms with Crippen LogP contribution in [0, 0.1) is 0 Å². The minimum absolute atomic E-state index is 0.0519. The second-order valence-corrected chi connectivity index (χ2v) is 9.38. The highest BCUT2D eigenvalue weighted by Gasteiger charge is 2.51. The fourth-order valence-electron chi connectivity index (χ4n) is 3.36.